The van der Waals surface area contributed by atoms with Crippen molar-refractivity contribution in [3.8, 4) is 11.5 Å². The Labute approximate surface area is 202 Å². The zero-order chi connectivity index (χ0) is 23.4. The smallest absolute Gasteiger partial charge is 0.119 e. The molecule has 184 valence electrons. The highest BCUT2D eigenvalue weighted by atomic mass is 16.5. The van der Waals surface area contributed by atoms with Gasteiger partial charge >= 0.3 is 0 Å². The molecule has 3 nitrogen and oxygen atoms in total. The first-order chi connectivity index (χ1) is 16.3. The van der Waals surface area contributed by atoms with Crippen molar-refractivity contribution in [2.24, 2.45) is 0 Å². The van der Waals surface area contributed by atoms with Gasteiger partial charge in [0, 0.05) is 13.2 Å². The normalized spacial score (nSPS) is 11.0. The highest BCUT2D eigenvalue weighted by molar-refractivity contribution is 5.29. The molecule has 3 heteroatoms. The van der Waals surface area contributed by atoms with Crippen molar-refractivity contribution in [1.29, 1.82) is 0 Å². The lowest BCUT2D eigenvalue weighted by molar-refractivity contribution is 0.125. The van der Waals surface area contributed by atoms with Gasteiger partial charge in [0.05, 0.1) is 14.2 Å². The molecule has 0 aliphatic heterocycles. The maximum absolute atomic E-state index is 5.82. The van der Waals surface area contributed by atoms with Crippen molar-refractivity contribution in [1.82, 2.24) is 0 Å². The van der Waals surface area contributed by atoms with Crippen LogP contribution in [0.25, 0.3) is 0 Å². The number of aryl methyl sites for hydroxylation is 2. The largest absolute Gasteiger partial charge is 0.497 e. The summed E-state index contributed by atoms with van der Waals surface area (Å²) in [4.78, 5) is 0. The van der Waals surface area contributed by atoms with E-state index in [2.05, 4.69) is 36.4 Å². The molecule has 33 heavy (non-hydrogen) atoms. The van der Waals surface area contributed by atoms with Crippen molar-refractivity contribution in [2.45, 2.75) is 89.9 Å². The second-order valence-electron chi connectivity index (χ2n) is 9.06. The quantitative estimate of drug-likeness (QED) is 0.189. The summed E-state index contributed by atoms with van der Waals surface area (Å²) in [6.07, 6.45) is 17.8. The molecule has 0 saturated carbocycles. The van der Waals surface area contributed by atoms with Gasteiger partial charge in [0.15, 0.2) is 0 Å². The van der Waals surface area contributed by atoms with Gasteiger partial charge in [-0.2, -0.15) is 0 Å². The predicted octanol–water partition coefficient (Wildman–Crippen LogP) is 8.19. The Morgan fingerprint density at radius 2 is 0.879 bits per heavy atom. The number of benzene rings is 2. The zero-order valence-corrected chi connectivity index (χ0v) is 21.2. The number of hydrogen-bond acceptors (Lipinski definition) is 3. The Bertz CT molecular complexity index is 666. The van der Waals surface area contributed by atoms with E-state index in [4.69, 9.17) is 14.2 Å². The monoisotopic (exact) mass is 454 g/mol. The number of methoxy groups -OCH3 is 2. The van der Waals surface area contributed by atoms with Gasteiger partial charge in [-0.25, -0.2) is 0 Å². The molecule has 0 saturated heterocycles. The fourth-order valence-corrected chi connectivity index (χ4v) is 4.24. The fraction of sp³-hybridized carbons (Fsp3) is 0.600. The van der Waals surface area contributed by atoms with Crippen LogP contribution in [-0.2, 0) is 17.6 Å². The van der Waals surface area contributed by atoms with Crippen LogP contribution >= 0.6 is 0 Å². The number of ether oxygens (including phenoxy) is 3. The average Bonchev–Trinajstić information content (AvgIpc) is 2.86. The standard InChI is InChI=1S/C30H46O3/c1-31-29-21-15-19-27(25-29)17-11-7-3-5-9-13-23-33-24-14-10-6-4-8-12-18-28-20-16-22-30(26-28)32-2/h15-16,19-22,25-26H,3-14,17-18,23-24H2,1-2H3. The Morgan fingerprint density at radius 3 is 1.30 bits per heavy atom. The van der Waals surface area contributed by atoms with Gasteiger partial charge < -0.3 is 14.2 Å². The molecule has 0 radical (unpaired) electrons. The minimum absolute atomic E-state index is 0.935. The first-order valence-electron chi connectivity index (χ1n) is 13.2. The SMILES string of the molecule is COc1cccc(CCCCCCCCOCCCCCCCCc2cccc(OC)c2)c1. The van der Waals surface area contributed by atoms with Crippen LogP contribution in [0.1, 0.15) is 88.2 Å². The third kappa shape index (κ3) is 13.3. The van der Waals surface area contributed by atoms with Crippen LogP contribution in [0.4, 0.5) is 0 Å². The lowest BCUT2D eigenvalue weighted by Gasteiger charge is -2.06. The van der Waals surface area contributed by atoms with Gasteiger partial charge in [-0.05, 0) is 73.9 Å². The maximum atomic E-state index is 5.82. The molecule has 0 heterocycles. The van der Waals surface area contributed by atoms with Crippen molar-refractivity contribution in [3.05, 3.63) is 59.7 Å². The molecule has 0 aromatic heterocycles. The summed E-state index contributed by atoms with van der Waals surface area (Å²) in [6, 6.07) is 16.9. The Hall–Kier alpha value is -2.00. The first kappa shape index (κ1) is 27.2. The topological polar surface area (TPSA) is 27.7 Å². The van der Waals surface area contributed by atoms with E-state index in [1.165, 1.54) is 88.2 Å². The summed E-state index contributed by atoms with van der Waals surface area (Å²) >= 11 is 0. The molecule has 2 aromatic rings. The van der Waals surface area contributed by atoms with Gasteiger partial charge in [0.25, 0.3) is 0 Å². The molecule has 0 aliphatic rings. The first-order valence-corrected chi connectivity index (χ1v) is 13.2. The molecule has 0 bridgehead atoms. The fourth-order valence-electron chi connectivity index (χ4n) is 4.24. The van der Waals surface area contributed by atoms with Crippen molar-refractivity contribution in [3.63, 3.8) is 0 Å². The third-order valence-electron chi connectivity index (χ3n) is 6.28. The van der Waals surface area contributed by atoms with Gasteiger partial charge in [-0.3, -0.25) is 0 Å². The predicted molar refractivity (Wildman–Crippen MR) is 140 cm³/mol. The molecule has 0 spiro atoms. The van der Waals surface area contributed by atoms with Crippen LogP contribution in [0.15, 0.2) is 48.5 Å². The lowest BCUT2D eigenvalue weighted by Crippen LogP contribution is -1.97. The average molecular weight is 455 g/mol. The second kappa shape index (κ2) is 18.4. The molecule has 2 rings (SSSR count). The van der Waals surface area contributed by atoms with Crippen LogP contribution < -0.4 is 9.47 Å². The number of rotatable bonds is 20. The minimum atomic E-state index is 0.935. The van der Waals surface area contributed by atoms with E-state index in [0.717, 1.165) is 37.6 Å². The second-order valence-corrected chi connectivity index (χ2v) is 9.06. The van der Waals surface area contributed by atoms with Crippen molar-refractivity contribution < 1.29 is 14.2 Å². The Balaban J connectivity index is 1.29. The van der Waals surface area contributed by atoms with Gasteiger partial charge in [-0.15, -0.1) is 0 Å². The lowest BCUT2D eigenvalue weighted by atomic mass is 10.0. The summed E-state index contributed by atoms with van der Waals surface area (Å²) in [5.74, 6) is 1.93. The van der Waals surface area contributed by atoms with E-state index in [1.54, 1.807) is 14.2 Å². The highest BCUT2D eigenvalue weighted by Crippen LogP contribution is 2.17. The number of hydrogen-bond donors (Lipinski definition) is 0. The van der Waals surface area contributed by atoms with Crippen LogP contribution in [0, 0.1) is 0 Å². The van der Waals surface area contributed by atoms with E-state index in [-0.39, 0.29) is 0 Å². The van der Waals surface area contributed by atoms with Crippen LogP contribution in [0.5, 0.6) is 11.5 Å². The van der Waals surface area contributed by atoms with Gasteiger partial charge in [-0.1, -0.05) is 75.6 Å². The molecule has 0 atom stereocenters. The highest BCUT2D eigenvalue weighted by Gasteiger charge is 1.99. The van der Waals surface area contributed by atoms with Crippen molar-refractivity contribution in [2.75, 3.05) is 27.4 Å². The summed E-state index contributed by atoms with van der Waals surface area (Å²) in [7, 11) is 3.47. The molecule has 0 N–H and O–H groups in total. The summed E-state index contributed by atoms with van der Waals surface area (Å²) < 4.78 is 16.4. The molecule has 0 fully saturated rings. The van der Waals surface area contributed by atoms with Crippen molar-refractivity contribution >= 4 is 0 Å². The molecular formula is C30H46O3. The van der Waals surface area contributed by atoms with E-state index in [9.17, 15) is 0 Å². The van der Waals surface area contributed by atoms with E-state index in [0.29, 0.717) is 0 Å². The molecule has 0 aliphatic carbocycles. The summed E-state index contributed by atoms with van der Waals surface area (Å²) in [6.45, 7) is 1.87. The zero-order valence-electron chi connectivity index (χ0n) is 21.2. The van der Waals surface area contributed by atoms with E-state index < -0.39 is 0 Å². The maximum Gasteiger partial charge on any atom is 0.119 e. The van der Waals surface area contributed by atoms with E-state index >= 15 is 0 Å². The van der Waals surface area contributed by atoms with Gasteiger partial charge in [0.2, 0.25) is 0 Å². The van der Waals surface area contributed by atoms with Crippen LogP contribution in [0.3, 0.4) is 0 Å². The van der Waals surface area contributed by atoms with Crippen LogP contribution in [0.2, 0.25) is 0 Å². The minimum Gasteiger partial charge on any atom is -0.497 e. The summed E-state index contributed by atoms with van der Waals surface area (Å²) in [5.41, 5.74) is 2.77. The summed E-state index contributed by atoms with van der Waals surface area (Å²) in [5, 5.41) is 0. The number of unbranched alkanes of at least 4 members (excludes halogenated alkanes) is 10. The molecular weight excluding hydrogens is 408 g/mol. The third-order valence-corrected chi connectivity index (χ3v) is 6.28. The molecule has 0 amide bonds. The van der Waals surface area contributed by atoms with E-state index in [1.807, 2.05) is 12.1 Å². The molecule has 2 aromatic carbocycles. The molecule has 0 unspecified atom stereocenters. The van der Waals surface area contributed by atoms with Crippen LogP contribution in [-0.4, -0.2) is 27.4 Å². The Morgan fingerprint density at radius 1 is 0.485 bits per heavy atom. The van der Waals surface area contributed by atoms with Gasteiger partial charge in [0.1, 0.15) is 11.5 Å². The Kier molecular flexibility index (Phi) is 15.2.